The van der Waals surface area contributed by atoms with Gasteiger partial charge in [0.1, 0.15) is 0 Å². The second-order valence-electron chi connectivity index (χ2n) is 5.17. The summed E-state index contributed by atoms with van der Waals surface area (Å²) in [5.74, 6) is 0.0698. The lowest BCUT2D eigenvalue weighted by Gasteiger charge is -2.34. The first kappa shape index (κ1) is 13.0. The van der Waals surface area contributed by atoms with Gasteiger partial charge in [0, 0.05) is 6.20 Å². The molecule has 0 bridgehead atoms. The number of nitrogens with one attached hydrogen (secondary N) is 2. The average molecular weight is 247 g/mol. The molecule has 98 valence electrons. The molecule has 1 aliphatic heterocycles. The lowest BCUT2D eigenvalue weighted by atomic mass is 9.90. The molecule has 1 aliphatic rings. The van der Waals surface area contributed by atoms with E-state index in [2.05, 4.69) is 15.6 Å². The molecule has 0 aliphatic carbocycles. The summed E-state index contributed by atoms with van der Waals surface area (Å²) in [5.41, 5.74) is 0.464. The van der Waals surface area contributed by atoms with Crippen molar-refractivity contribution >= 4 is 5.91 Å². The number of carbonyl (C=O) groups excluding carboxylic acids is 1. The maximum atomic E-state index is 12.3. The third-order valence-electron chi connectivity index (χ3n) is 3.60. The van der Waals surface area contributed by atoms with Crippen molar-refractivity contribution in [1.82, 2.24) is 15.6 Å². The molecule has 0 saturated carbocycles. The van der Waals surface area contributed by atoms with Crippen LogP contribution in [0.1, 0.15) is 44.8 Å². The van der Waals surface area contributed by atoms with Crippen molar-refractivity contribution in [3.8, 4) is 0 Å². The fourth-order valence-electron chi connectivity index (χ4n) is 2.31. The highest BCUT2D eigenvalue weighted by atomic mass is 16.2. The molecule has 2 heterocycles. The van der Waals surface area contributed by atoms with Gasteiger partial charge in [0.25, 0.3) is 0 Å². The van der Waals surface area contributed by atoms with E-state index in [0.29, 0.717) is 0 Å². The molecule has 4 nitrogen and oxygen atoms in total. The Hall–Kier alpha value is -1.42. The molecule has 2 rings (SSSR count). The molecule has 1 aromatic heterocycles. The second-order valence-corrected chi connectivity index (χ2v) is 5.17. The molecule has 1 saturated heterocycles. The van der Waals surface area contributed by atoms with Crippen LogP contribution in [0, 0.1) is 0 Å². The molecule has 0 spiro atoms. The van der Waals surface area contributed by atoms with Gasteiger partial charge < -0.3 is 10.6 Å². The molecule has 2 atom stereocenters. The highest BCUT2D eigenvalue weighted by molar-refractivity contribution is 5.86. The molecule has 18 heavy (non-hydrogen) atoms. The van der Waals surface area contributed by atoms with Crippen LogP contribution in [-0.4, -0.2) is 23.0 Å². The summed E-state index contributed by atoms with van der Waals surface area (Å²) in [6.07, 6.45) is 4.90. The minimum atomic E-state index is -0.429. The quantitative estimate of drug-likeness (QED) is 0.856. The van der Waals surface area contributed by atoms with Gasteiger partial charge in [-0.15, -0.1) is 0 Å². The highest BCUT2D eigenvalue weighted by Gasteiger charge is 2.34. The van der Waals surface area contributed by atoms with E-state index in [1.165, 1.54) is 0 Å². The van der Waals surface area contributed by atoms with Crippen molar-refractivity contribution < 1.29 is 4.79 Å². The molecule has 0 aromatic carbocycles. The molecule has 2 N–H and O–H groups in total. The highest BCUT2D eigenvalue weighted by Crippen LogP contribution is 2.20. The predicted octanol–water partition coefficient (Wildman–Crippen LogP) is 1.79. The molecule has 1 fully saturated rings. The Labute approximate surface area is 108 Å². The van der Waals surface area contributed by atoms with Gasteiger partial charge in [-0.2, -0.15) is 0 Å². The van der Waals surface area contributed by atoms with Crippen LogP contribution in [0.5, 0.6) is 0 Å². The third kappa shape index (κ3) is 2.88. The molecule has 1 amide bonds. The van der Waals surface area contributed by atoms with Gasteiger partial charge in [0.15, 0.2) is 0 Å². The summed E-state index contributed by atoms with van der Waals surface area (Å²) < 4.78 is 0. The van der Waals surface area contributed by atoms with Gasteiger partial charge in [0.2, 0.25) is 5.91 Å². The number of piperidine rings is 1. The monoisotopic (exact) mass is 247 g/mol. The second kappa shape index (κ2) is 5.48. The summed E-state index contributed by atoms with van der Waals surface area (Å²) in [7, 11) is 0. The minimum absolute atomic E-state index is 0.0562. The molecule has 0 radical (unpaired) electrons. The number of hydrogen-bond acceptors (Lipinski definition) is 3. The largest absolute Gasteiger partial charge is 0.346 e. The average Bonchev–Trinajstić information content (AvgIpc) is 2.40. The normalized spacial score (nSPS) is 25.4. The molecule has 1 aromatic rings. The summed E-state index contributed by atoms with van der Waals surface area (Å²) in [6.45, 7) is 4.86. The number of carbonyl (C=O) groups is 1. The summed E-state index contributed by atoms with van der Waals surface area (Å²) in [4.78, 5) is 16.6. The Balaban J connectivity index is 1.98. The maximum absolute atomic E-state index is 12.3. The zero-order chi connectivity index (χ0) is 13.0. The van der Waals surface area contributed by atoms with Gasteiger partial charge >= 0.3 is 0 Å². The van der Waals surface area contributed by atoms with Crippen molar-refractivity contribution in [2.45, 2.75) is 44.7 Å². The van der Waals surface area contributed by atoms with Crippen molar-refractivity contribution in [3.63, 3.8) is 0 Å². The topological polar surface area (TPSA) is 54.0 Å². The minimum Gasteiger partial charge on any atom is -0.346 e. The fraction of sp³-hybridized carbons (Fsp3) is 0.571. The molecular formula is C14H21N3O. The third-order valence-corrected chi connectivity index (χ3v) is 3.60. The van der Waals surface area contributed by atoms with Gasteiger partial charge in [-0.05, 0) is 51.8 Å². The zero-order valence-electron chi connectivity index (χ0n) is 11.1. The first-order valence-corrected chi connectivity index (χ1v) is 6.59. The smallest absolute Gasteiger partial charge is 0.240 e. The number of aromatic nitrogens is 1. The van der Waals surface area contributed by atoms with Crippen molar-refractivity contribution in [2.24, 2.45) is 0 Å². The van der Waals surface area contributed by atoms with E-state index in [1.807, 2.05) is 32.0 Å². The lowest BCUT2D eigenvalue weighted by molar-refractivity contribution is -0.128. The van der Waals surface area contributed by atoms with E-state index in [4.69, 9.17) is 0 Å². The number of pyridine rings is 1. The van der Waals surface area contributed by atoms with Crippen molar-refractivity contribution in [2.75, 3.05) is 6.54 Å². The van der Waals surface area contributed by atoms with E-state index in [-0.39, 0.29) is 11.9 Å². The summed E-state index contributed by atoms with van der Waals surface area (Å²) >= 11 is 0. The Morgan fingerprint density at radius 1 is 1.50 bits per heavy atom. The van der Waals surface area contributed by atoms with Crippen LogP contribution in [0.3, 0.4) is 0 Å². The van der Waals surface area contributed by atoms with Gasteiger partial charge in [-0.3, -0.25) is 9.78 Å². The van der Waals surface area contributed by atoms with Crippen LogP contribution in [0.25, 0.3) is 0 Å². The maximum Gasteiger partial charge on any atom is 0.240 e. The Bertz CT molecular complexity index is 399. The first-order chi connectivity index (χ1) is 8.62. The molecule has 4 heteroatoms. The Morgan fingerprint density at radius 2 is 2.33 bits per heavy atom. The predicted molar refractivity (Wildman–Crippen MR) is 71.1 cm³/mol. The number of rotatable bonds is 3. The van der Waals surface area contributed by atoms with Crippen LogP contribution in [0.2, 0.25) is 0 Å². The van der Waals surface area contributed by atoms with Crippen LogP contribution in [0.15, 0.2) is 24.4 Å². The SMILES string of the molecule is C[C@@H](NC(=O)C1(C)CCCCN1)c1ccccn1. The Morgan fingerprint density at radius 3 is 2.94 bits per heavy atom. The van der Waals surface area contributed by atoms with E-state index in [0.717, 1.165) is 31.5 Å². The summed E-state index contributed by atoms with van der Waals surface area (Å²) in [5, 5.41) is 6.36. The van der Waals surface area contributed by atoms with Gasteiger partial charge in [-0.25, -0.2) is 0 Å². The van der Waals surface area contributed by atoms with E-state index < -0.39 is 5.54 Å². The molecular weight excluding hydrogens is 226 g/mol. The zero-order valence-corrected chi connectivity index (χ0v) is 11.1. The van der Waals surface area contributed by atoms with Gasteiger partial charge in [-0.1, -0.05) is 6.07 Å². The van der Waals surface area contributed by atoms with Crippen molar-refractivity contribution in [3.05, 3.63) is 30.1 Å². The van der Waals surface area contributed by atoms with E-state index >= 15 is 0 Å². The first-order valence-electron chi connectivity index (χ1n) is 6.59. The van der Waals surface area contributed by atoms with Crippen LogP contribution >= 0.6 is 0 Å². The number of nitrogens with zero attached hydrogens (tertiary/aromatic N) is 1. The molecule has 1 unspecified atom stereocenters. The van der Waals surface area contributed by atoms with Crippen molar-refractivity contribution in [1.29, 1.82) is 0 Å². The summed E-state index contributed by atoms with van der Waals surface area (Å²) in [6, 6.07) is 5.69. The van der Waals surface area contributed by atoms with E-state index in [1.54, 1.807) is 6.20 Å². The van der Waals surface area contributed by atoms with Crippen LogP contribution in [-0.2, 0) is 4.79 Å². The fourth-order valence-corrected chi connectivity index (χ4v) is 2.31. The number of amides is 1. The van der Waals surface area contributed by atoms with E-state index in [9.17, 15) is 4.79 Å². The van der Waals surface area contributed by atoms with Crippen LogP contribution in [0.4, 0.5) is 0 Å². The Kier molecular flexibility index (Phi) is 3.97. The van der Waals surface area contributed by atoms with Crippen LogP contribution < -0.4 is 10.6 Å². The standard InChI is InChI=1S/C14H21N3O/c1-11(12-7-3-5-9-15-12)17-13(18)14(2)8-4-6-10-16-14/h3,5,7,9,11,16H,4,6,8,10H2,1-2H3,(H,17,18)/t11-,14?/m1/s1. The number of hydrogen-bond donors (Lipinski definition) is 2. The lowest BCUT2D eigenvalue weighted by Crippen LogP contribution is -2.57. The van der Waals surface area contributed by atoms with Gasteiger partial charge in [0.05, 0.1) is 17.3 Å².